The van der Waals surface area contributed by atoms with Gasteiger partial charge in [-0.3, -0.25) is 4.79 Å². The molecule has 0 unspecified atom stereocenters. The molecular weight excluding hydrogens is 354 g/mol. The van der Waals surface area contributed by atoms with E-state index in [1.807, 2.05) is 0 Å². The fraction of sp³-hybridized carbons (Fsp3) is 0. The summed E-state index contributed by atoms with van der Waals surface area (Å²) in [5.74, 6) is -0.378. The van der Waals surface area contributed by atoms with Gasteiger partial charge in [-0.25, -0.2) is 5.43 Å². The lowest BCUT2D eigenvalue weighted by molar-refractivity contribution is 0.0955. The molecule has 108 valence electrons. The van der Waals surface area contributed by atoms with E-state index in [1.165, 1.54) is 6.21 Å². The Morgan fingerprint density at radius 1 is 0.952 bits per heavy atom. The molecule has 0 heterocycles. The molecule has 21 heavy (non-hydrogen) atoms. The monoisotopic (exact) mass is 360 g/mol. The Morgan fingerprint density at radius 3 is 2.24 bits per heavy atom. The van der Waals surface area contributed by atoms with E-state index in [4.69, 9.17) is 46.4 Å². The molecule has 1 N–H and O–H groups in total. The molecule has 0 aliphatic rings. The summed E-state index contributed by atoms with van der Waals surface area (Å²) in [6.07, 6.45) is 1.34. The summed E-state index contributed by atoms with van der Waals surface area (Å²) < 4.78 is 0. The number of hydrogen-bond donors (Lipinski definition) is 1. The second-order valence-corrected chi connectivity index (χ2v) is 5.59. The first-order valence-electron chi connectivity index (χ1n) is 5.71. The van der Waals surface area contributed by atoms with Crippen LogP contribution in [0.3, 0.4) is 0 Å². The molecule has 0 saturated heterocycles. The van der Waals surface area contributed by atoms with Crippen LogP contribution in [0.15, 0.2) is 41.5 Å². The van der Waals surface area contributed by atoms with Crippen LogP contribution >= 0.6 is 46.4 Å². The number of halogens is 4. The normalized spacial score (nSPS) is 10.9. The van der Waals surface area contributed by atoms with Gasteiger partial charge in [0, 0.05) is 16.1 Å². The van der Waals surface area contributed by atoms with E-state index in [2.05, 4.69) is 10.5 Å². The van der Waals surface area contributed by atoms with Crippen molar-refractivity contribution in [2.45, 2.75) is 0 Å². The highest BCUT2D eigenvalue weighted by atomic mass is 35.5. The summed E-state index contributed by atoms with van der Waals surface area (Å²) in [6.45, 7) is 0. The summed E-state index contributed by atoms with van der Waals surface area (Å²) >= 11 is 23.6. The molecule has 1 amide bonds. The van der Waals surface area contributed by atoms with Crippen molar-refractivity contribution in [1.29, 1.82) is 0 Å². The molecule has 0 saturated carbocycles. The topological polar surface area (TPSA) is 41.5 Å². The number of rotatable bonds is 3. The lowest BCUT2D eigenvalue weighted by Crippen LogP contribution is -2.17. The molecule has 2 aromatic rings. The van der Waals surface area contributed by atoms with Crippen LogP contribution in [0, 0.1) is 0 Å². The van der Waals surface area contributed by atoms with Crippen molar-refractivity contribution < 1.29 is 4.79 Å². The average Bonchev–Trinajstić information content (AvgIpc) is 2.47. The third kappa shape index (κ3) is 4.11. The summed E-state index contributed by atoms with van der Waals surface area (Å²) in [5.41, 5.74) is 3.23. The van der Waals surface area contributed by atoms with E-state index in [0.29, 0.717) is 26.2 Å². The first-order chi connectivity index (χ1) is 9.99. The molecule has 0 aromatic heterocycles. The molecule has 2 rings (SSSR count). The molecule has 0 fully saturated rings. The zero-order chi connectivity index (χ0) is 15.4. The lowest BCUT2D eigenvalue weighted by Gasteiger charge is -2.03. The van der Waals surface area contributed by atoms with Gasteiger partial charge in [0.1, 0.15) is 0 Å². The van der Waals surface area contributed by atoms with Crippen molar-refractivity contribution in [3.63, 3.8) is 0 Å². The zero-order valence-electron chi connectivity index (χ0n) is 10.4. The van der Waals surface area contributed by atoms with Gasteiger partial charge in [-0.2, -0.15) is 5.10 Å². The smallest absolute Gasteiger partial charge is 0.267 e. The van der Waals surface area contributed by atoms with Crippen LogP contribution in [0.4, 0.5) is 0 Å². The summed E-state index contributed by atoms with van der Waals surface area (Å²) in [4.78, 5) is 11.8. The second kappa shape index (κ2) is 7.14. The minimum absolute atomic E-state index is 0.272. The quantitative estimate of drug-likeness (QED) is 0.463. The van der Waals surface area contributed by atoms with Crippen molar-refractivity contribution in [2.75, 3.05) is 0 Å². The van der Waals surface area contributed by atoms with E-state index in [-0.39, 0.29) is 10.9 Å². The molecule has 0 aliphatic carbocycles. The number of nitrogens with zero attached hydrogens (tertiary/aromatic N) is 1. The summed E-state index contributed by atoms with van der Waals surface area (Å²) in [7, 11) is 0. The minimum Gasteiger partial charge on any atom is -0.267 e. The van der Waals surface area contributed by atoms with Crippen LogP contribution in [0.2, 0.25) is 20.1 Å². The van der Waals surface area contributed by atoms with Gasteiger partial charge >= 0.3 is 0 Å². The van der Waals surface area contributed by atoms with E-state index in [1.54, 1.807) is 36.4 Å². The number of benzene rings is 2. The van der Waals surface area contributed by atoms with E-state index >= 15 is 0 Å². The van der Waals surface area contributed by atoms with Gasteiger partial charge in [0.2, 0.25) is 0 Å². The summed E-state index contributed by atoms with van der Waals surface area (Å²) in [5, 5.41) is 5.38. The highest BCUT2D eigenvalue weighted by Gasteiger charge is 2.08. The van der Waals surface area contributed by atoms with Crippen LogP contribution in [0.5, 0.6) is 0 Å². The van der Waals surface area contributed by atoms with Crippen molar-refractivity contribution in [3.05, 3.63) is 67.6 Å². The van der Waals surface area contributed by atoms with Crippen molar-refractivity contribution in [2.24, 2.45) is 5.10 Å². The number of hydrazone groups is 1. The molecule has 2 aromatic carbocycles. The van der Waals surface area contributed by atoms with Gasteiger partial charge in [0.25, 0.3) is 5.91 Å². The predicted molar refractivity (Wildman–Crippen MR) is 88.0 cm³/mol. The van der Waals surface area contributed by atoms with Gasteiger partial charge in [0.05, 0.1) is 21.3 Å². The van der Waals surface area contributed by atoms with Gasteiger partial charge in [-0.1, -0.05) is 46.4 Å². The first-order valence-corrected chi connectivity index (χ1v) is 7.22. The van der Waals surface area contributed by atoms with E-state index < -0.39 is 0 Å². The third-order valence-corrected chi connectivity index (χ3v) is 3.95. The Hall–Kier alpha value is -1.26. The summed E-state index contributed by atoms with van der Waals surface area (Å²) in [6, 6.07) is 9.59. The molecule has 7 heteroatoms. The number of carbonyl (C=O) groups is 1. The Balaban J connectivity index is 2.11. The lowest BCUT2D eigenvalue weighted by atomic mass is 10.2. The fourth-order valence-corrected chi connectivity index (χ4v) is 2.24. The van der Waals surface area contributed by atoms with Gasteiger partial charge in [-0.15, -0.1) is 0 Å². The maximum absolute atomic E-state index is 11.8. The number of amides is 1. The van der Waals surface area contributed by atoms with Gasteiger partial charge < -0.3 is 0 Å². The molecule has 0 atom stereocenters. The zero-order valence-corrected chi connectivity index (χ0v) is 13.4. The van der Waals surface area contributed by atoms with Crippen molar-refractivity contribution >= 4 is 58.5 Å². The van der Waals surface area contributed by atoms with E-state index in [0.717, 1.165) is 0 Å². The van der Waals surface area contributed by atoms with Crippen molar-refractivity contribution in [1.82, 2.24) is 5.43 Å². The predicted octanol–water partition coefficient (Wildman–Crippen LogP) is 5.06. The Labute approximate surface area is 141 Å². The molecule has 0 aliphatic heterocycles. The minimum atomic E-state index is -0.378. The largest absolute Gasteiger partial charge is 0.271 e. The Morgan fingerprint density at radius 2 is 1.57 bits per heavy atom. The maximum atomic E-state index is 11.8. The van der Waals surface area contributed by atoms with Gasteiger partial charge in [-0.05, 0) is 36.4 Å². The molecule has 0 radical (unpaired) electrons. The Kier molecular flexibility index (Phi) is 5.48. The van der Waals surface area contributed by atoms with Crippen LogP contribution in [0.25, 0.3) is 0 Å². The van der Waals surface area contributed by atoms with Crippen LogP contribution in [0.1, 0.15) is 15.9 Å². The highest BCUT2D eigenvalue weighted by Crippen LogP contribution is 2.29. The Bertz CT molecular complexity index is 699. The van der Waals surface area contributed by atoms with Crippen LogP contribution in [-0.4, -0.2) is 12.1 Å². The second-order valence-electron chi connectivity index (χ2n) is 3.96. The SMILES string of the molecule is O=C(N/N=C/c1c(Cl)ccc(Cl)c1Cl)c1ccc(Cl)cc1. The van der Waals surface area contributed by atoms with Crippen molar-refractivity contribution in [3.8, 4) is 0 Å². The molecule has 0 spiro atoms. The van der Waals surface area contributed by atoms with Gasteiger partial charge in [0.15, 0.2) is 0 Å². The number of carbonyl (C=O) groups excluding carboxylic acids is 1. The highest BCUT2D eigenvalue weighted by molar-refractivity contribution is 6.45. The molecule has 3 nitrogen and oxygen atoms in total. The number of hydrogen-bond acceptors (Lipinski definition) is 2. The van der Waals surface area contributed by atoms with Crippen LogP contribution in [-0.2, 0) is 0 Å². The standard InChI is InChI=1S/C14H8Cl4N2O/c15-9-3-1-8(2-4-9)14(21)20-19-7-10-11(16)5-6-12(17)13(10)18/h1-7H,(H,20,21)/b19-7+. The molecule has 0 bridgehead atoms. The average molecular weight is 362 g/mol. The first kappa shape index (κ1) is 16.1. The van der Waals surface area contributed by atoms with E-state index in [9.17, 15) is 4.79 Å². The molecular formula is C14H8Cl4N2O. The van der Waals surface area contributed by atoms with Crippen LogP contribution < -0.4 is 5.43 Å². The number of nitrogens with one attached hydrogen (secondary N) is 1. The fourth-order valence-electron chi connectivity index (χ4n) is 1.48. The maximum Gasteiger partial charge on any atom is 0.271 e. The third-order valence-electron chi connectivity index (χ3n) is 2.55.